The van der Waals surface area contributed by atoms with Crippen molar-refractivity contribution in [2.24, 2.45) is 11.1 Å². The lowest BCUT2D eigenvalue weighted by Crippen LogP contribution is -2.55. The first kappa shape index (κ1) is 14.1. The van der Waals surface area contributed by atoms with Crippen LogP contribution in [0.15, 0.2) is 24.3 Å². The van der Waals surface area contributed by atoms with Crippen LogP contribution in [-0.4, -0.2) is 19.8 Å². The third-order valence-electron chi connectivity index (χ3n) is 5.56. The number of rotatable bonds is 3. The average molecular weight is 273 g/mol. The third-order valence-corrected chi connectivity index (χ3v) is 5.56. The maximum Gasteiger partial charge on any atom is 0.0471 e. The van der Waals surface area contributed by atoms with Crippen molar-refractivity contribution in [1.29, 1.82) is 0 Å². The molecule has 2 N–H and O–H groups in total. The number of hydrogen-bond acceptors (Lipinski definition) is 2. The molecule has 1 spiro atoms. The van der Waals surface area contributed by atoms with Crippen LogP contribution in [0.25, 0.3) is 0 Å². The Bertz CT molecular complexity index is 449. The second kappa shape index (κ2) is 5.16. The largest absolute Gasteiger partial charge is 0.381 e. The molecule has 1 saturated carbocycles. The van der Waals surface area contributed by atoms with Crippen molar-refractivity contribution in [3.63, 3.8) is 0 Å². The highest BCUT2D eigenvalue weighted by Gasteiger charge is 2.54. The molecule has 1 heterocycles. The van der Waals surface area contributed by atoms with E-state index >= 15 is 0 Å². The Morgan fingerprint density at radius 3 is 2.20 bits per heavy atom. The van der Waals surface area contributed by atoms with Gasteiger partial charge in [-0.15, -0.1) is 0 Å². The second-order valence-corrected chi connectivity index (χ2v) is 7.23. The summed E-state index contributed by atoms with van der Waals surface area (Å²) in [7, 11) is 0. The monoisotopic (exact) mass is 273 g/mol. The quantitative estimate of drug-likeness (QED) is 0.913. The predicted molar refractivity (Wildman–Crippen MR) is 83.0 cm³/mol. The fourth-order valence-corrected chi connectivity index (χ4v) is 4.23. The van der Waals surface area contributed by atoms with Crippen molar-refractivity contribution in [3.8, 4) is 0 Å². The van der Waals surface area contributed by atoms with Crippen LogP contribution in [0.3, 0.4) is 0 Å². The number of nitrogens with two attached hydrogens (primary N) is 1. The lowest BCUT2D eigenvalue weighted by Gasteiger charge is -2.58. The first-order chi connectivity index (χ1) is 9.59. The van der Waals surface area contributed by atoms with E-state index in [1.807, 2.05) is 0 Å². The molecule has 1 aromatic carbocycles. The molecule has 0 radical (unpaired) electrons. The van der Waals surface area contributed by atoms with Gasteiger partial charge in [0.2, 0.25) is 0 Å². The molecule has 1 saturated heterocycles. The lowest BCUT2D eigenvalue weighted by atomic mass is 9.48. The standard InChI is InChI=1S/C18H27NO/c1-14(2)15-3-5-16(6-4-15)18(13-19)11-17(12-18)7-9-20-10-8-17/h3-6,14H,7-13,19H2,1-2H3. The molecule has 0 amide bonds. The molecule has 2 heteroatoms. The zero-order valence-electron chi connectivity index (χ0n) is 12.8. The second-order valence-electron chi connectivity index (χ2n) is 7.23. The number of benzene rings is 1. The minimum atomic E-state index is 0.229. The Hall–Kier alpha value is -0.860. The lowest BCUT2D eigenvalue weighted by molar-refractivity contribution is -0.0714. The van der Waals surface area contributed by atoms with Crippen molar-refractivity contribution in [1.82, 2.24) is 0 Å². The van der Waals surface area contributed by atoms with Gasteiger partial charge in [0.05, 0.1) is 0 Å². The van der Waals surface area contributed by atoms with E-state index in [4.69, 9.17) is 10.5 Å². The molecule has 1 aliphatic carbocycles. The third kappa shape index (κ3) is 2.29. The van der Waals surface area contributed by atoms with Crippen LogP contribution in [0.4, 0.5) is 0 Å². The van der Waals surface area contributed by atoms with Crippen LogP contribution in [0.2, 0.25) is 0 Å². The Morgan fingerprint density at radius 2 is 1.70 bits per heavy atom. The molecule has 0 unspecified atom stereocenters. The summed E-state index contributed by atoms with van der Waals surface area (Å²) < 4.78 is 5.52. The van der Waals surface area contributed by atoms with Gasteiger partial charge in [-0.3, -0.25) is 0 Å². The SMILES string of the molecule is CC(C)c1ccc(C2(CN)CC3(CCOCC3)C2)cc1. The highest BCUT2D eigenvalue weighted by atomic mass is 16.5. The van der Waals surface area contributed by atoms with Gasteiger partial charge in [-0.1, -0.05) is 38.1 Å². The summed E-state index contributed by atoms with van der Waals surface area (Å²) in [6, 6.07) is 9.20. The summed E-state index contributed by atoms with van der Waals surface area (Å²) in [5.41, 5.74) is 9.77. The van der Waals surface area contributed by atoms with Crippen LogP contribution in [0, 0.1) is 5.41 Å². The highest BCUT2D eigenvalue weighted by Crippen LogP contribution is 2.59. The topological polar surface area (TPSA) is 35.2 Å². The summed E-state index contributed by atoms with van der Waals surface area (Å²) in [6.45, 7) is 7.14. The van der Waals surface area contributed by atoms with Gasteiger partial charge in [0, 0.05) is 25.2 Å². The Balaban J connectivity index is 1.77. The van der Waals surface area contributed by atoms with Gasteiger partial charge < -0.3 is 10.5 Å². The van der Waals surface area contributed by atoms with E-state index in [0.29, 0.717) is 11.3 Å². The first-order valence-electron chi connectivity index (χ1n) is 7.98. The molecule has 2 aliphatic rings. The van der Waals surface area contributed by atoms with Crippen molar-refractivity contribution < 1.29 is 4.74 Å². The van der Waals surface area contributed by atoms with Gasteiger partial charge >= 0.3 is 0 Å². The Kier molecular flexibility index (Phi) is 3.64. The molecule has 20 heavy (non-hydrogen) atoms. The fourth-order valence-electron chi connectivity index (χ4n) is 4.23. The zero-order chi connectivity index (χ0) is 14.2. The van der Waals surface area contributed by atoms with Crippen LogP contribution in [0.5, 0.6) is 0 Å². The molecule has 0 atom stereocenters. The normalized spacial score (nSPS) is 23.8. The minimum Gasteiger partial charge on any atom is -0.381 e. The summed E-state index contributed by atoms with van der Waals surface area (Å²) in [4.78, 5) is 0. The van der Waals surface area contributed by atoms with E-state index in [2.05, 4.69) is 38.1 Å². The molecule has 1 aliphatic heterocycles. The predicted octanol–water partition coefficient (Wildman–Crippen LogP) is 3.60. The number of ether oxygens (including phenoxy) is 1. The van der Waals surface area contributed by atoms with Crippen molar-refractivity contribution in [2.75, 3.05) is 19.8 Å². The summed E-state index contributed by atoms with van der Waals surface area (Å²) in [5, 5.41) is 0. The van der Waals surface area contributed by atoms with Gasteiger partial charge in [0.25, 0.3) is 0 Å². The van der Waals surface area contributed by atoms with Gasteiger partial charge in [-0.05, 0) is 48.1 Å². The van der Waals surface area contributed by atoms with E-state index in [-0.39, 0.29) is 5.41 Å². The summed E-state index contributed by atoms with van der Waals surface area (Å²) >= 11 is 0. The molecule has 2 fully saturated rings. The molecule has 1 aromatic rings. The fraction of sp³-hybridized carbons (Fsp3) is 0.667. The molecule has 3 rings (SSSR count). The molecule has 0 bridgehead atoms. The van der Waals surface area contributed by atoms with Crippen LogP contribution in [-0.2, 0) is 10.2 Å². The molecule has 2 nitrogen and oxygen atoms in total. The summed E-state index contributed by atoms with van der Waals surface area (Å²) in [6.07, 6.45) is 4.94. The van der Waals surface area contributed by atoms with Gasteiger partial charge in [-0.25, -0.2) is 0 Å². The van der Waals surface area contributed by atoms with Crippen LogP contribution >= 0.6 is 0 Å². The molecule has 110 valence electrons. The molecular weight excluding hydrogens is 246 g/mol. The smallest absolute Gasteiger partial charge is 0.0471 e. The van der Waals surface area contributed by atoms with Crippen LogP contribution in [0.1, 0.15) is 56.6 Å². The highest BCUT2D eigenvalue weighted by molar-refractivity contribution is 5.34. The van der Waals surface area contributed by atoms with E-state index in [0.717, 1.165) is 19.8 Å². The van der Waals surface area contributed by atoms with Crippen molar-refractivity contribution in [3.05, 3.63) is 35.4 Å². The Morgan fingerprint density at radius 1 is 1.10 bits per heavy atom. The maximum atomic E-state index is 6.16. The molecule has 0 aromatic heterocycles. The van der Waals surface area contributed by atoms with E-state index in [1.54, 1.807) is 0 Å². The Labute approximate surface area is 122 Å². The average Bonchev–Trinajstić information content (AvgIpc) is 2.45. The van der Waals surface area contributed by atoms with Gasteiger partial charge in [-0.2, -0.15) is 0 Å². The van der Waals surface area contributed by atoms with E-state index < -0.39 is 0 Å². The van der Waals surface area contributed by atoms with E-state index in [1.165, 1.54) is 36.8 Å². The number of hydrogen-bond donors (Lipinski definition) is 1. The van der Waals surface area contributed by atoms with Gasteiger partial charge in [0.15, 0.2) is 0 Å². The van der Waals surface area contributed by atoms with E-state index in [9.17, 15) is 0 Å². The zero-order valence-corrected chi connectivity index (χ0v) is 12.8. The van der Waals surface area contributed by atoms with Crippen LogP contribution < -0.4 is 5.73 Å². The minimum absolute atomic E-state index is 0.229. The van der Waals surface area contributed by atoms with Gasteiger partial charge in [0.1, 0.15) is 0 Å². The maximum absolute atomic E-state index is 6.16. The molecular formula is C18H27NO. The van der Waals surface area contributed by atoms with Crippen molar-refractivity contribution in [2.45, 2.75) is 50.9 Å². The van der Waals surface area contributed by atoms with Crippen molar-refractivity contribution >= 4 is 0 Å². The summed E-state index contributed by atoms with van der Waals surface area (Å²) in [5.74, 6) is 0.598. The first-order valence-corrected chi connectivity index (χ1v) is 7.98.